The number of rotatable bonds is 3. The first-order chi connectivity index (χ1) is 7.75. The molecule has 2 heterocycles. The SMILES string of the molecule is Cc1ncc(C)c(NCC2CCSCC2)n1. The van der Waals surface area contributed by atoms with Gasteiger partial charge in [-0.3, -0.25) is 0 Å². The molecule has 1 fully saturated rings. The smallest absolute Gasteiger partial charge is 0.132 e. The molecule has 2 rings (SSSR count). The Kier molecular flexibility index (Phi) is 4.04. The van der Waals surface area contributed by atoms with Crippen LogP contribution < -0.4 is 5.32 Å². The number of aryl methyl sites for hydroxylation is 2. The summed E-state index contributed by atoms with van der Waals surface area (Å²) in [7, 11) is 0. The van der Waals surface area contributed by atoms with Crippen LogP contribution in [0.4, 0.5) is 5.82 Å². The normalized spacial score (nSPS) is 17.4. The molecule has 3 nitrogen and oxygen atoms in total. The molecule has 1 saturated heterocycles. The molecule has 0 amide bonds. The quantitative estimate of drug-likeness (QED) is 0.877. The Hall–Kier alpha value is -0.770. The van der Waals surface area contributed by atoms with Crippen LogP contribution in [-0.4, -0.2) is 28.0 Å². The summed E-state index contributed by atoms with van der Waals surface area (Å²) in [6.45, 7) is 5.04. The minimum atomic E-state index is 0.816. The topological polar surface area (TPSA) is 37.8 Å². The molecule has 1 aliphatic rings. The summed E-state index contributed by atoms with van der Waals surface area (Å²) in [5, 5.41) is 3.46. The van der Waals surface area contributed by atoms with Gasteiger partial charge in [-0.25, -0.2) is 9.97 Å². The molecule has 0 saturated carbocycles. The second-order valence-corrected chi connectivity index (χ2v) is 5.61. The molecule has 0 aliphatic carbocycles. The van der Waals surface area contributed by atoms with Crippen molar-refractivity contribution in [1.82, 2.24) is 9.97 Å². The number of nitrogens with one attached hydrogen (secondary N) is 1. The molecule has 16 heavy (non-hydrogen) atoms. The lowest BCUT2D eigenvalue weighted by Crippen LogP contribution is -2.20. The van der Waals surface area contributed by atoms with Crippen molar-refractivity contribution < 1.29 is 0 Å². The largest absolute Gasteiger partial charge is 0.369 e. The molecular weight excluding hydrogens is 218 g/mol. The molecular formula is C12H19N3S. The third-order valence-corrected chi connectivity index (χ3v) is 4.04. The second kappa shape index (κ2) is 5.53. The van der Waals surface area contributed by atoms with E-state index in [1.165, 1.54) is 24.3 Å². The maximum Gasteiger partial charge on any atom is 0.132 e. The Morgan fingerprint density at radius 1 is 1.38 bits per heavy atom. The molecule has 1 aromatic rings. The highest BCUT2D eigenvalue weighted by atomic mass is 32.2. The van der Waals surface area contributed by atoms with Crippen molar-refractivity contribution in [3.8, 4) is 0 Å². The predicted molar refractivity (Wildman–Crippen MR) is 70.0 cm³/mol. The first-order valence-electron chi connectivity index (χ1n) is 5.87. The van der Waals surface area contributed by atoms with Crippen LogP contribution in [0.5, 0.6) is 0 Å². The summed E-state index contributed by atoms with van der Waals surface area (Å²) in [5.74, 6) is 5.29. The van der Waals surface area contributed by atoms with Crippen LogP contribution in [0, 0.1) is 19.8 Å². The summed E-state index contributed by atoms with van der Waals surface area (Å²) in [6.07, 6.45) is 4.56. The van der Waals surface area contributed by atoms with Crippen LogP contribution in [-0.2, 0) is 0 Å². The number of hydrogen-bond donors (Lipinski definition) is 1. The van der Waals surface area contributed by atoms with Gasteiger partial charge in [-0.15, -0.1) is 0 Å². The van der Waals surface area contributed by atoms with Crippen molar-refractivity contribution in [1.29, 1.82) is 0 Å². The zero-order chi connectivity index (χ0) is 11.4. The lowest BCUT2D eigenvalue weighted by Gasteiger charge is -2.22. The first-order valence-corrected chi connectivity index (χ1v) is 7.03. The molecule has 0 unspecified atom stereocenters. The van der Waals surface area contributed by atoms with Gasteiger partial charge in [0.15, 0.2) is 0 Å². The summed E-state index contributed by atoms with van der Waals surface area (Å²) < 4.78 is 0. The van der Waals surface area contributed by atoms with Gasteiger partial charge in [0, 0.05) is 18.3 Å². The van der Waals surface area contributed by atoms with Crippen molar-refractivity contribution in [2.45, 2.75) is 26.7 Å². The summed E-state index contributed by atoms with van der Waals surface area (Å²) >= 11 is 2.07. The van der Waals surface area contributed by atoms with Crippen LogP contribution in [0.15, 0.2) is 6.20 Å². The minimum absolute atomic E-state index is 0.816. The van der Waals surface area contributed by atoms with Gasteiger partial charge >= 0.3 is 0 Å². The lowest BCUT2D eigenvalue weighted by atomic mass is 10.0. The van der Waals surface area contributed by atoms with E-state index in [1.807, 2.05) is 13.1 Å². The Balaban J connectivity index is 1.90. The molecule has 1 aromatic heterocycles. The minimum Gasteiger partial charge on any atom is -0.369 e. The number of nitrogens with zero attached hydrogens (tertiary/aromatic N) is 2. The highest BCUT2D eigenvalue weighted by Crippen LogP contribution is 2.23. The fraction of sp³-hybridized carbons (Fsp3) is 0.667. The Bertz CT molecular complexity index is 348. The van der Waals surface area contributed by atoms with Crippen molar-refractivity contribution in [2.75, 3.05) is 23.4 Å². The number of hydrogen-bond acceptors (Lipinski definition) is 4. The number of thioether (sulfide) groups is 1. The molecule has 1 N–H and O–H groups in total. The van der Waals surface area contributed by atoms with Gasteiger partial charge in [0.1, 0.15) is 11.6 Å². The van der Waals surface area contributed by atoms with E-state index in [9.17, 15) is 0 Å². The Morgan fingerprint density at radius 3 is 2.88 bits per heavy atom. The monoisotopic (exact) mass is 237 g/mol. The van der Waals surface area contributed by atoms with Gasteiger partial charge in [-0.1, -0.05) is 0 Å². The van der Waals surface area contributed by atoms with Crippen LogP contribution in [0.25, 0.3) is 0 Å². The van der Waals surface area contributed by atoms with Gasteiger partial charge in [0.05, 0.1) is 0 Å². The van der Waals surface area contributed by atoms with E-state index < -0.39 is 0 Å². The molecule has 0 radical (unpaired) electrons. The predicted octanol–water partition coefficient (Wildman–Crippen LogP) is 2.65. The van der Waals surface area contributed by atoms with E-state index in [4.69, 9.17) is 0 Å². The average Bonchev–Trinajstić information content (AvgIpc) is 2.32. The summed E-state index contributed by atoms with van der Waals surface area (Å²) in [5.41, 5.74) is 1.13. The number of aromatic nitrogens is 2. The van der Waals surface area contributed by atoms with Gasteiger partial charge in [0.25, 0.3) is 0 Å². The average molecular weight is 237 g/mol. The molecule has 0 spiro atoms. The lowest BCUT2D eigenvalue weighted by molar-refractivity contribution is 0.515. The molecule has 88 valence electrons. The maximum atomic E-state index is 4.43. The van der Waals surface area contributed by atoms with Crippen LogP contribution in [0.1, 0.15) is 24.2 Å². The molecule has 0 aromatic carbocycles. The van der Waals surface area contributed by atoms with Gasteiger partial charge in [0.2, 0.25) is 0 Å². The first kappa shape index (κ1) is 11.7. The molecule has 4 heteroatoms. The summed E-state index contributed by atoms with van der Waals surface area (Å²) in [6, 6.07) is 0. The Morgan fingerprint density at radius 2 is 2.12 bits per heavy atom. The van der Waals surface area contributed by atoms with Crippen molar-refractivity contribution in [3.63, 3.8) is 0 Å². The Labute approximate surface area is 101 Å². The summed E-state index contributed by atoms with van der Waals surface area (Å²) in [4.78, 5) is 8.61. The van der Waals surface area contributed by atoms with E-state index in [2.05, 4.69) is 34.0 Å². The van der Waals surface area contributed by atoms with Crippen molar-refractivity contribution in [2.24, 2.45) is 5.92 Å². The van der Waals surface area contributed by atoms with E-state index in [1.54, 1.807) is 0 Å². The fourth-order valence-corrected chi connectivity index (χ4v) is 3.10. The van der Waals surface area contributed by atoms with E-state index >= 15 is 0 Å². The zero-order valence-corrected chi connectivity index (χ0v) is 10.8. The number of anilines is 1. The zero-order valence-electron chi connectivity index (χ0n) is 9.99. The standard InChI is InChI=1S/C12H19N3S/c1-9-7-13-10(2)15-12(9)14-8-11-3-5-16-6-4-11/h7,11H,3-6,8H2,1-2H3,(H,13,14,15). The highest BCUT2D eigenvalue weighted by molar-refractivity contribution is 7.99. The molecule has 0 atom stereocenters. The van der Waals surface area contributed by atoms with Crippen LogP contribution in [0.2, 0.25) is 0 Å². The van der Waals surface area contributed by atoms with Gasteiger partial charge in [-0.2, -0.15) is 11.8 Å². The van der Waals surface area contributed by atoms with E-state index in [0.717, 1.165) is 29.7 Å². The third kappa shape index (κ3) is 3.11. The van der Waals surface area contributed by atoms with Crippen LogP contribution in [0.3, 0.4) is 0 Å². The van der Waals surface area contributed by atoms with E-state index in [-0.39, 0.29) is 0 Å². The van der Waals surface area contributed by atoms with Crippen molar-refractivity contribution in [3.05, 3.63) is 17.6 Å². The fourth-order valence-electron chi connectivity index (χ4n) is 1.90. The molecule has 0 bridgehead atoms. The maximum absolute atomic E-state index is 4.43. The van der Waals surface area contributed by atoms with Crippen LogP contribution >= 0.6 is 11.8 Å². The van der Waals surface area contributed by atoms with Crippen molar-refractivity contribution >= 4 is 17.6 Å². The van der Waals surface area contributed by atoms with E-state index in [0.29, 0.717) is 0 Å². The second-order valence-electron chi connectivity index (χ2n) is 4.39. The molecule has 1 aliphatic heterocycles. The highest BCUT2D eigenvalue weighted by Gasteiger charge is 2.13. The van der Waals surface area contributed by atoms with Gasteiger partial charge < -0.3 is 5.32 Å². The third-order valence-electron chi connectivity index (χ3n) is 2.99. The van der Waals surface area contributed by atoms with Gasteiger partial charge in [-0.05, 0) is 44.1 Å².